The number of benzene rings is 1. The lowest BCUT2D eigenvalue weighted by molar-refractivity contribution is -0.385. The molecule has 1 aliphatic heterocycles. The summed E-state index contributed by atoms with van der Waals surface area (Å²) in [6.45, 7) is 0. The number of allylic oxidation sites excluding steroid dienone is 3. The zero-order chi connectivity index (χ0) is 19.0. The SMILES string of the molecule is CN(C)N1C(N)=C(C#N)C(c2ccccc2[N+](=O)[O-])C2=C1CCCC2=O. The second kappa shape index (κ2) is 6.61. The summed E-state index contributed by atoms with van der Waals surface area (Å²) in [4.78, 5) is 23.8. The van der Waals surface area contributed by atoms with Crippen LogP contribution >= 0.6 is 0 Å². The van der Waals surface area contributed by atoms with Gasteiger partial charge < -0.3 is 5.73 Å². The van der Waals surface area contributed by atoms with E-state index in [-0.39, 0.29) is 22.9 Å². The van der Waals surface area contributed by atoms with Crippen molar-refractivity contribution in [3.63, 3.8) is 0 Å². The topological polar surface area (TPSA) is 116 Å². The zero-order valence-corrected chi connectivity index (χ0v) is 14.6. The Kier molecular flexibility index (Phi) is 4.49. The maximum absolute atomic E-state index is 12.8. The first kappa shape index (κ1) is 17.6. The van der Waals surface area contributed by atoms with Crippen molar-refractivity contribution in [3.8, 4) is 6.07 Å². The molecule has 8 nitrogen and oxygen atoms in total. The zero-order valence-electron chi connectivity index (χ0n) is 14.6. The standard InChI is InChI=1S/C18H19N5O3/c1-21(2)22-14-8-5-9-15(24)17(14)16(12(10-19)18(22)20)11-6-3-4-7-13(11)23(25)26/h3-4,6-7,16H,5,8-9,20H2,1-2H3. The van der Waals surface area contributed by atoms with Crippen molar-refractivity contribution < 1.29 is 9.72 Å². The van der Waals surface area contributed by atoms with Crippen molar-refractivity contribution in [2.45, 2.75) is 25.2 Å². The monoisotopic (exact) mass is 353 g/mol. The highest BCUT2D eigenvalue weighted by Gasteiger charge is 2.42. The first-order valence-electron chi connectivity index (χ1n) is 8.25. The number of hydrogen-bond acceptors (Lipinski definition) is 7. The second-order valence-corrected chi connectivity index (χ2v) is 6.46. The van der Waals surface area contributed by atoms with E-state index in [1.807, 2.05) is 0 Å². The fourth-order valence-electron chi connectivity index (χ4n) is 3.73. The number of nitriles is 1. The lowest BCUT2D eigenvalue weighted by Gasteiger charge is -2.42. The van der Waals surface area contributed by atoms with Gasteiger partial charge in [0.05, 0.1) is 22.5 Å². The van der Waals surface area contributed by atoms with Gasteiger partial charge in [-0.2, -0.15) is 5.26 Å². The Bertz CT molecular complexity index is 894. The maximum Gasteiger partial charge on any atom is 0.273 e. The van der Waals surface area contributed by atoms with E-state index in [2.05, 4.69) is 6.07 Å². The molecule has 2 aliphatic rings. The Morgan fingerprint density at radius 3 is 2.65 bits per heavy atom. The number of nitrogens with two attached hydrogens (primary N) is 1. The number of nitrogens with zero attached hydrogens (tertiary/aromatic N) is 4. The van der Waals surface area contributed by atoms with Crippen molar-refractivity contribution >= 4 is 11.5 Å². The molecule has 0 saturated heterocycles. The van der Waals surface area contributed by atoms with Crippen molar-refractivity contribution in [2.75, 3.05) is 14.1 Å². The van der Waals surface area contributed by atoms with Crippen LogP contribution in [0.3, 0.4) is 0 Å². The highest BCUT2D eigenvalue weighted by atomic mass is 16.6. The van der Waals surface area contributed by atoms with Gasteiger partial charge >= 0.3 is 0 Å². The van der Waals surface area contributed by atoms with Gasteiger partial charge in [0, 0.05) is 43.4 Å². The minimum absolute atomic E-state index is 0.0958. The molecule has 2 N–H and O–H groups in total. The second-order valence-electron chi connectivity index (χ2n) is 6.46. The van der Waals surface area contributed by atoms with E-state index < -0.39 is 10.8 Å². The number of para-hydroxylation sites is 1. The molecule has 1 unspecified atom stereocenters. The number of ketones is 1. The predicted molar refractivity (Wildman–Crippen MR) is 94.1 cm³/mol. The Morgan fingerprint density at radius 1 is 1.35 bits per heavy atom. The van der Waals surface area contributed by atoms with Crippen LogP contribution in [-0.2, 0) is 4.79 Å². The molecule has 0 saturated carbocycles. The summed E-state index contributed by atoms with van der Waals surface area (Å²) in [5.74, 6) is -0.712. The largest absolute Gasteiger partial charge is 0.383 e. The molecule has 1 heterocycles. The highest BCUT2D eigenvalue weighted by Crippen LogP contribution is 2.46. The molecule has 1 atom stereocenters. The maximum atomic E-state index is 12.8. The first-order valence-corrected chi connectivity index (χ1v) is 8.25. The van der Waals surface area contributed by atoms with E-state index in [0.29, 0.717) is 36.1 Å². The van der Waals surface area contributed by atoms with Crippen LogP contribution in [0.1, 0.15) is 30.7 Å². The number of nitro benzene ring substituents is 1. The molecule has 3 rings (SSSR count). The Hall–Kier alpha value is -3.18. The highest BCUT2D eigenvalue weighted by molar-refractivity contribution is 6.00. The quantitative estimate of drug-likeness (QED) is 0.654. The summed E-state index contributed by atoms with van der Waals surface area (Å²) in [5, 5.41) is 24.7. The summed E-state index contributed by atoms with van der Waals surface area (Å²) in [7, 11) is 3.55. The van der Waals surface area contributed by atoms with E-state index in [0.717, 1.165) is 0 Å². The molecule has 0 bridgehead atoms. The molecule has 0 radical (unpaired) electrons. The Morgan fingerprint density at radius 2 is 2.04 bits per heavy atom. The van der Waals surface area contributed by atoms with Crippen molar-refractivity contribution in [1.29, 1.82) is 5.26 Å². The molecule has 0 aromatic heterocycles. The van der Waals surface area contributed by atoms with E-state index in [1.165, 1.54) is 6.07 Å². The minimum Gasteiger partial charge on any atom is -0.383 e. The van der Waals surface area contributed by atoms with Crippen molar-refractivity contribution in [1.82, 2.24) is 10.0 Å². The fraction of sp³-hybridized carbons (Fsp3) is 0.333. The predicted octanol–water partition coefficient (Wildman–Crippen LogP) is 2.17. The van der Waals surface area contributed by atoms with Crippen LogP contribution in [0, 0.1) is 21.4 Å². The van der Waals surface area contributed by atoms with Crippen molar-refractivity contribution in [2.24, 2.45) is 5.73 Å². The summed E-state index contributed by atoms with van der Waals surface area (Å²) in [6.07, 6.45) is 1.66. The average Bonchev–Trinajstić information content (AvgIpc) is 2.60. The van der Waals surface area contributed by atoms with Crippen LogP contribution in [0.4, 0.5) is 5.69 Å². The number of carbonyl (C=O) groups excluding carboxylic acids is 1. The smallest absolute Gasteiger partial charge is 0.273 e. The van der Waals surface area contributed by atoms with Crippen LogP contribution in [0.15, 0.2) is 46.9 Å². The van der Waals surface area contributed by atoms with Gasteiger partial charge in [-0.05, 0) is 12.8 Å². The molecule has 26 heavy (non-hydrogen) atoms. The van der Waals surface area contributed by atoms with Gasteiger partial charge in [-0.15, -0.1) is 0 Å². The number of rotatable bonds is 3. The Balaban J connectivity index is 2.33. The number of hydrazine groups is 1. The lowest BCUT2D eigenvalue weighted by Crippen LogP contribution is -2.45. The fourth-order valence-corrected chi connectivity index (χ4v) is 3.73. The van der Waals surface area contributed by atoms with Crippen LogP contribution in [0.2, 0.25) is 0 Å². The summed E-state index contributed by atoms with van der Waals surface area (Å²) < 4.78 is 0. The third-order valence-electron chi connectivity index (χ3n) is 4.73. The molecule has 0 spiro atoms. The molecular weight excluding hydrogens is 334 g/mol. The molecule has 8 heteroatoms. The molecule has 1 aromatic rings. The Labute approximate surface area is 150 Å². The molecule has 1 aliphatic carbocycles. The van der Waals surface area contributed by atoms with Crippen LogP contribution in [-0.4, -0.2) is 34.8 Å². The van der Waals surface area contributed by atoms with Crippen LogP contribution in [0.25, 0.3) is 0 Å². The lowest BCUT2D eigenvalue weighted by atomic mass is 9.75. The van der Waals surface area contributed by atoms with Gasteiger partial charge in [-0.25, -0.2) is 5.01 Å². The normalized spacial score (nSPS) is 20.3. The average molecular weight is 353 g/mol. The van der Waals surface area contributed by atoms with Gasteiger partial charge in [0.1, 0.15) is 5.82 Å². The van der Waals surface area contributed by atoms with Gasteiger partial charge in [0.15, 0.2) is 5.78 Å². The van der Waals surface area contributed by atoms with E-state index in [1.54, 1.807) is 42.3 Å². The minimum atomic E-state index is -0.819. The van der Waals surface area contributed by atoms with Crippen LogP contribution < -0.4 is 5.73 Å². The number of nitro groups is 1. The third-order valence-corrected chi connectivity index (χ3v) is 4.73. The summed E-state index contributed by atoms with van der Waals surface area (Å²) in [6, 6.07) is 8.28. The van der Waals surface area contributed by atoms with E-state index >= 15 is 0 Å². The summed E-state index contributed by atoms with van der Waals surface area (Å²) >= 11 is 0. The molecule has 134 valence electrons. The van der Waals surface area contributed by atoms with E-state index in [4.69, 9.17) is 5.73 Å². The summed E-state index contributed by atoms with van der Waals surface area (Å²) in [5.41, 5.74) is 7.76. The first-order chi connectivity index (χ1) is 12.4. The number of carbonyl (C=O) groups is 1. The molecule has 0 fully saturated rings. The van der Waals surface area contributed by atoms with Gasteiger partial charge in [0.25, 0.3) is 5.69 Å². The van der Waals surface area contributed by atoms with Gasteiger partial charge in [0.2, 0.25) is 0 Å². The van der Waals surface area contributed by atoms with E-state index in [9.17, 15) is 20.2 Å². The third kappa shape index (κ3) is 2.62. The van der Waals surface area contributed by atoms with Crippen LogP contribution in [0.5, 0.6) is 0 Å². The van der Waals surface area contributed by atoms with Crippen molar-refractivity contribution in [3.05, 3.63) is 62.6 Å². The number of hydrogen-bond donors (Lipinski definition) is 1. The van der Waals surface area contributed by atoms with Gasteiger partial charge in [-0.1, -0.05) is 18.2 Å². The molecule has 1 aromatic carbocycles. The van der Waals surface area contributed by atoms with Gasteiger partial charge in [-0.3, -0.25) is 19.9 Å². The number of Topliss-reactive ketones (excluding diaryl/α,β-unsaturated/α-hetero) is 1. The molecule has 0 amide bonds. The molecular formula is C18H19N5O3.